The van der Waals surface area contributed by atoms with Crippen molar-refractivity contribution in [3.8, 4) is 0 Å². The molecule has 0 radical (unpaired) electrons. The average Bonchev–Trinajstić information content (AvgIpc) is 3.02. The minimum Gasteiger partial charge on any atom is -0.400 e. The highest BCUT2D eigenvalue weighted by atomic mass is 19.1. The number of amides is 2. The molecule has 9 nitrogen and oxygen atoms in total. The highest BCUT2D eigenvalue weighted by Gasteiger charge is 2.11. The van der Waals surface area contributed by atoms with Crippen LogP contribution in [0.1, 0.15) is 16.1 Å². The smallest absolute Gasteiger partial charge is 0.400 e. The Hall–Kier alpha value is -3.56. The number of carbonyl (C=O) groups excluding carboxylic acids is 2. The summed E-state index contributed by atoms with van der Waals surface area (Å²) in [6.45, 7) is -0.384. The van der Waals surface area contributed by atoms with Gasteiger partial charge in [-0.05, 0) is 24.3 Å². The van der Waals surface area contributed by atoms with Crippen molar-refractivity contribution in [1.29, 1.82) is 0 Å². The molecule has 0 aliphatic rings. The minimum atomic E-state index is -0.710. The number of halogens is 1. The summed E-state index contributed by atoms with van der Waals surface area (Å²) in [7, 11) is 0. The van der Waals surface area contributed by atoms with Crippen molar-refractivity contribution < 1.29 is 23.3 Å². The number of nitro groups is 1. The molecule has 24 heavy (non-hydrogen) atoms. The molecule has 0 saturated carbocycles. The standard InChI is InChI=1S/C14H11FN4O5/c15-10-3-1-2-9(6-10)14(21)16-8-12(20)18-17-7-11-4-5-13(24-11)19(22)23/h1-7H,8H2,(H,16,21)(H,18,20)/b17-7+. The Morgan fingerprint density at radius 3 is 2.79 bits per heavy atom. The van der Waals surface area contributed by atoms with Crippen molar-refractivity contribution in [2.75, 3.05) is 6.54 Å². The molecule has 10 heteroatoms. The molecule has 2 aromatic rings. The third-order valence-corrected chi connectivity index (χ3v) is 2.67. The van der Waals surface area contributed by atoms with Gasteiger partial charge in [-0.2, -0.15) is 5.10 Å². The van der Waals surface area contributed by atoms with Crippen molar-refractivity contribution in [1.82, 2.24) is 10.7 Å². The summed E-state index contributed by atoms with van der Waals surface area (Å²) in [6, 6.07) is 7.45. The lowest BCUT2D eigenvalue weighted by molar-refractivity contribution is -0.402. The summed E-state index contributed by atoms with van der Waals surface area (Å²) >= 11 is 0. The predicted octanol–water partition coefficient (Wildman–Crippen LogP) is 1.21. The van der Waals surface area contributed by atoms with E-state index in [1.807, 2.05) is 0 Å². The van der Waals surface area contributed by atoms with E-state index in [1.54, 1.807) is 0 Å². The van der Waals surface area contributed by atoms with Crippen LogP contribution in [-0.4, -0.2) is 29.5 Å². The van der Waals surface area contributed by atoms with E-state index in [0.29, 0.717) is 0 Å². The number of carbonyl (C=O) groups is 2. The molecule has 0 saturated heterocycles. The van der Waals surface area contributed by atoms with Crippen LogP contribution in [0.3, 0.4) is 0 Å². The van der Waals surface area contributed by atoms with E-state index in [-0.39, 0.29) is 17.9 Å². The van der Waals surface area contributed by atoms with Crippen LogP contribution in [-0.2, 0) is 4.79 Å². The Morgan fingerprint density at radius 1 is 1.33 bits per heavy atom. The molecule has 124 valence electrons. The van der Waals surface area contributed by atoms with Gasteiger partial charge >= 0.3 is 5.88 Å². The quantitative estimate of drug-likeness (QED) is 0.466. The first kappa shape index (κ1) is 16.8. The maximum Gasteiger partial charge on any atom is 0.433 e. The number of nitrogens with zero attached hydrogens (tertiary/aromatic N) is 2. The lowest BCUT2D eigenvalue weighted by atomic mass is 10.2. The first-order valence-electron chi connectivity index (χ1n) is 6.55. The second-order valence-electron chi connectivity index (χ2n) is 4.42. The van der Waals surface area contributed by atoms with Crippen LogP contribution in [0.4, 0.5) is 10.3 Å². The summed E-state index contributed by atoms with van der Waals surface area (Å²) in [4.78, 5) is 32.9. The largest absolute Gasteiger partial charge is 0.433 e. The Balaban J connectivity index is 1.79. The molecular weight excluding hydrogens is 323 g/mol. The molecule has 1 heterocycles. The van der Waals surface area contributed by atoms with Gasteiger partial charge in [-0.25, -0.2) is 9.82 Å². The Labute approximate surface area is 134 Å². The zero-order chi connectivity index (χ0) is 17.5. The summed E-state index contributed by atoms with van der Waals surface area (Å²) < 4.78 is 17.8. The van der Waals surface area contributed by atoms with Crippen molar-refractivity contribution in [2.45, 2.75) is 0 Å². The number of hydrazone groups is 1. The van der Waals surface area contributed by atoms with Crippen molar-refractivity contribution >= 4 is 23.9 Å². The zero-order valence-electron chi connectivity index (χ0n) is 12.1. The number of benzene rings is 1. The van der Waals surface area contributed by atoms with Gasteiger partial charge in [0.1, 0.15) is 10.7 Å². The maximum absolute atomic E-state index is 13.0. The van der Waals surface area contributed by atoms with E-state index >= 15 is 0 Å². The zero-order valence-corrected chi connectivity index (χ0v) is 12.1. The van der Waals surface area contributed by atoms with E-state index < -0.39 is 28.4 Å². The SMILES string of the molecule is O=C(CNC(=O)c1cccc(F)c1)N/N=C/c1ccc([N+](=O)[O-])o1. The monoisotopic (exact) mass is 334 g/mol. The average molecular weight is 334 g/mol. The molecule has 0 aliphatic heterocycles. The number of nitrogens with one attached hydrogen (secondary N) is 2. The van der Waals surface area contributed by atoms with E-state index in [2.05, 4.69) is 15.8 Å². The summed E-state index contributed by atoms with van der Waals surface area (Å²) in [5.41, 5.74) is 2.18. The van der Waals surface area contributed by atoms with E-state index in [0.717, 1.165) is 18.3 Å². The topological polar surface area (TPSA) is 127 Å². The van der Waals surface area contributed by atoms with Gasteiger partial charge in [0, 0.05) is 5.56 Å². The Morgan fingerprint density at radius 2 is 2.12 bits per heavy atom. The summed E-state index contributed by atoms with van der Waals surface area (Å²) in [5, 5.41) is 16.2. The maximum atomic E-state index is 13.0. The second kappa shape index (κ2) is 7.63. The third kappa shape index (κ3) is 4.73. The van der Waals surface area contributed by atoms with Crippen LogP contribution in [0.15, 0.2) is 45.9 Å². The fourth-order valence-electron chi connectivity index (χ4n) is 1.61. The third-order valence-electron chi connectivity index (χ3n) is 2.67. The van der Waals surface area contributed by atoms with E-state index in [1.165, 1.54) is 24.3 Å². The van der Waals surface area contributed by atoms with Crippen LogP contribution < -0.4 is 10.7 Å². The molecule has 2 N–H and O–H groups in total. The minimum absolute atomic E-state index is 0.0748. The van der Waals surface area contributed by atoms with Crippen LogP contribution in [0.2, 0.25) is 0 Å². The van der Waals surface area contributed by atoms with Gasteiger partial charge in [0.25, 0.3) is 11.8 Å². The van der Waals surface area contributed by atoms with Crippen molar-refractivity contribution in [2.24, 2.45) is 5.10 Å². The first-order valence-corrected chi connectivity index (χ1v) is 6.55. The van der Waals surface area contributed by atoms with Crippen LogP contribution in [0.5, 0.6) is 0 Å². The number of rotatable bonds is 6. The molecule has 0 unspecified atom stereocenters. The molecule has 1 aromatic heterocycles. The highest BCUT2D eigenvalue weighted by molar-refractivity contribution is 5.96. The van der Waals surface area contributed by atoms with Gasteiger partial charge in [0.2, 0.25) is 0 Å². The lowest BCUT2D eigenvalue weighted by Gasteiger charge is -2.04. The van der Waals surface area contributed by atoms with E-state index in [9.17, 15) is 24.1 Å². The van der Waals surface area contributed by atoms with Gasteiger partial charge in [-0.3, -0.25) is 19.7 Å². The number of furan rings is 1. The van der Waals surface area contributed by atoms with Crippen LogP contribution >= 0.6 is 0 Å². The van der Waals surface area contributed by atoms with E-state index in [4.69, 9.17) is 4.42 Å². The molecule has 2 amide bonds. The molecule has 0 atom stereocenters. The molecule has 2 rings (SSSR count). The molecule has 0 fully saturated rings. The van der Waals surface area contributed by atoms with Gasteiger partial charge in [0.15, 0.2) is 5.76 Å². The second-order valence-corrected chi connectivity index (χ2v) is 4.42. The number of hydrogen-bond acceptors (Lipinski definition) is 6. The van der Waals surface area contributed by atoms with Crippen LogP contribution in [0, 0.1) is 15.9 Å². The predicted molar refractivity (Wildman–Crippen MR) is 79.8 cm³/mol. The van der Waals surface area contributed by atoms with Gasteiger partial charge in [-0.15, -0.1) is 0 Å². The molecule has 1 aromatic carbocycles. The fraction of sp³-hybridized carbons (Fsp3) is 0.0714. The van der Waals surface area contributed by atoms with Crippen molar-refractivity contribution in [3.63, 3.8) is 0 Å². The fourth-order valence-corrected chi connectivity index (χ4v) is 1.61. The molecule has 0 spiro atoms. The summed E-state index contributed by atoms with van der Waals surface area (Å²) in [5.74, 6) is -2.20. The highest BCUT2D eigenvalue weighted by Crippen LogP contribution is 2.13. The summed E-state index contributed by atoms with van der Waals surface area (Å²) in [6.07, 6.45) is 1.07. The molecule has 0 aliphatic carbocycles. The van der Waals surface area contributed by atoms with Gasteiger partial charge < -0.3 is 9.73 Å². The normalized spacial score (nSPS) is 10.5. The molecular formula is C14H11FN4O5. The lowest BCUT2D eigenvalue weighted by Crippen LogP contribution is -2.34. The molecule has 0 bridgehead atoms. The van der Waals surface area contributed by atoms with Gasteiger partial charge in [-0.1, -0.05) is 6.07 Å². The Kier molecular flexibility index (Phi) is 5.34. The first-order chi connectivity index (χ1) is 11.5. The van der Waals surface area contributed by atoms with Crippen LogP contribution in [0.25, 0.3) is 0 Å². The van der Waals surface area contributed by atoms with Gasteiger partial charge in [0.05, 0.1) is 18.8 Å². The van der Waals surface area contributed by atoms with Crippen molar-refractivity contribution in [3.05, 3.63) is 63.7 Å². The number of hydrogen-bond donors (Lipinski definition) is 2. The Bertz CT molecular complexity index is 802.